The zero-order valence-electron chi connectivity index (χ0n) is 14.9. The molecule has 27 heavy (non-hydrogen) atoms. The molecule has 0 saturated carbocycles. The highest BCUT2D eigenvalue weighted by atomic mass is 16.5. The van der Waals surface area contributed by atoms with Crippen LogP contribution in [0, 0.1) is 6.92 Å². The molecule has 3 aromatic rings. The van der Waals surface area contributed by atoms with Crippen LogP contribution >= 0.6 is 0 Å². The number of esters is 1. The van der Waals surface area contributed by atoms with E-state index in [1.54, 1.807) is 24.4 Å². The summed E-state index contributed by atoms with van der Waals surface area (Å²) in [4.78, 5) is 28.4. The van der Waals surface area contributed by atoms with Gasteiger partial charge in [0.05, 0.1) is 12.8 Å². The average Bonchev–Trinajstić information content (AvgIpc) is 2.66. The van der Waals surface area contributed by atoms with E-state index in [9.17, 15) is 14.7 Å². The molecule has 2 heterocycles. The normalized spacial score (nSPS) is 11.0. The highest BCUT2D eigenvalue weighted by Gasteiger charge is 2.07. The van der Waals surface area contributed by atoms with Crippen LogP contribution in [0.15, 0.2) is 53.5 Å². The van der Waals surface area contributed by atoms with Gasteiger partial charge in [0.1, 0.15) is 12.3 Å². The van der Waals surface area contributed by atoms with E-state index in [4.69, 9.17) is 9.47 Å². The number of hydrogen-bond acceptors (Lipinski definition) is 6. The number of ether oxygens (including phenoxy) is 2. The zero-order chi connectivity index (χ0) is 19.4. The summed E-state index contributed by atoms with van der Waals surface area (Å²) in [6.45, 7) is 1.74. The lowest BCUT2D eigenvalue weighted by Crippen LogP contribution is -2.17. The van der Waals surface area contributed by atoms with Crippen LogP contribution in [0.3, 0.4) is 0 Å². The number of benzene rings is 1. The molecule has 0 saturated heterocycles. The van der Waals surface area contributed by atoms with Gasteiger partial charge in [-0.2, -0.15) is 0 Å². The van der Waals surface area contributed by atoms with Gasteiger partial charge >= 0.3 is 5.97 Å². The van der Waals surface area contributed by atoms with E-state index in [2.05, 4.69) is 4.98 Å². The molecule has 1 aromatic carbocycles. The summed E-state index contributed by atoms with van der Waals surface area (Å²) >= 11 is 0. The van der Waals surface area contributed by atoms with E-state index >= 15 is 0 Å². The van der Waals surface area contributed by atoms with Gasteiger partial charge in [0.15, 0.2) is 11.5 Å². The number of aromatic hydroxyl groups is 1. The Morgan fingerprint density at radius 2 is 2.11 bits per heavy atom. The number of aryl methyl sites for hydroxylation is 1. The largest absolute Gasteiger partial charge is 0.504 e. The van der Waals surface area contributed by atoms with E-state index in [1.807, 2.05) is 13.0 Å². The fourth-order valence-electron chi connectivity index (χ4n) is 2.54. The van der Waals surface area contributed by atoms with Gasteiger partial charge in [0, 0.05) is 18.3 Å². The topological polar surface area (TPSA) is 90.1 Å². The number of rotatable bonds is 5. The number of carbonyl (C=O) groups excluding carboxylic acids is 1. The van der Waals surface area contributed by atoms with Crippen molar-refractivity contribution in [2.45, 2.75) is 13.5 Å². The third kappa shape index (κ3) is 4.14. The number of methoxy groups -OCH3 is 1. The fraction of sp³-hybridized carbons (Fsp3) is 0.150. The Hall–Kier alpha value is -3.61. The molecule has 3 rings (SSSR count). The van der Waals surface area contributed by atoms with E-state index < -0.39 is 5.97 Å². The minimum atomic E-state index is -0.575. The molecule has 0 spiro atoms. The Labute approximate surface area is 155 Å². The average molecular weight is 366 g/mol. The molecular formula is C20H18N2O5. The molecule has 0 amide bonds. The van der Waals surface area contributed by atoms with Crippen LogP contribution in [0.1, 0.15) is 16.8 Å². The number of fused-ring (bicyclic) bond motifs is 1. The van der Waals surface area contributed by atoms with E-state index in [0.717, 1.165) is 5.56 Å². The van der Waals surface area contributed by atoms with Gasteiger partial charge in [-0.25, -0.2) is 9.78 Å². The smallest absolute Gasteiger partial charge is 0.331 e. The van der Waals surface area contributed by atoms with Gasteiger partial charge in [0.2, 0.25) is 0 Å². The van der Waals surface area contributed by atoms with Gasteiger partial charge in [0.25, 0.3) is 5.56 Å². The molecule has 0 aliphatic heterocycles. The van der Waals surface area contributed by atoms with E-state index in [1.165, 1.54) is 35.8 Å². The number of phenols is 1. The maximum atomic E-state index is 12.1. The van der Waals surface area contributed by atoms with Crippen molar-refractivity contribution in [3.8, 4) is 11.5 Å². The summed E-state index contributed by atoms with van der Waals surface area (Å²) in [6.07, 6.45) is 4.43. The second-order valence-corrected chi connectivity index (χ2v) is 5.84. The first-order valence-electron chi connectivity index (χ1n) is 8.17. The van der Waals surface area contributed by atoms with Crippen molar-refractivity contribution in [3.63, 3.8) is 0 Å². The van der Waals surface area contributed by atoms with Gasteiger partial charge < -0.3 is 14.6 Å². The summed E-state index contributed by atoms with van der Waals surface area (Å²) in [5.41, 5.74) is 2.19. The fourth-order valence-corrected chi connectivity index (χ4v) is 2.54. The maximum Gasteiger partial charge on any atom is 0.331 e. The highest BCUT2D eigenvalue weighted by Crippen LogP contribution is 2.26. The third-order valence-corrected chi connectivity index (χ3v) is 3.92. The lowest BCUT2D eigenvalue weighted by molar-refractivity contribution is -0.139. The van der Waals surface area contributed by atoms with E-state index in [0.29, 0.717) is 22.7 Å². The summed E-state index contributed by atoms with van der Waals surface area (Å²) in [5.74, 6) is -0.253. The molecule has 0 atom stereocenters. The van der Waals surface area contributed by atoms with Crippen molar-refractivity contribution in [1.82, 2.24) is 9.38 Å². The monoisotopic (exact) mass is 366 g/mol. The lowest BCUT2D eigenvalue weighted by Gasteiger charge is -2.06. The summed E-state index contributed by atoms with van der Waals surface area (Å²) < 4.78 is 11.6. The number of carbonyl (C=O) groups is 1. The van der Waals surface area contributed by atoms with Crippen molar-refractivity contribution in [2.24, 2.45) is 0 Å². The second-order valence-electron chi connectivity index (χ2n) is 5.84. The predicted molar refractivity (Wildman–Crippen MR) is 99.7 cm³/mol. The SMILES string of the molecule is COc1cc(/C=C/C(=O)OCc2cc(=O)n3cccc(C)c3n2)ccc1O. The molecule has 0 bridgehead atoms. The molecule has 7 nitrogen and oxygen atoms in total. The Kier molecular flexibility index (Phi) is 5.21. The quantitative estimate of drug-likeness (QED) is 0.551. The van der Waals surface area contributed by atoms with Crippen LogP contribution in [0.25, 0.3) is 11.7 Å². The molecule has 0 radical (unpaired) electrons. The predicted octanol–water partition coefficient (Wildman–Crippen LogP) is 2.47. The molecule has 0 unspecified atom stereocenters. The number of phenolic OH excluding ortho intramolecular Hbond substituents is 1. The molecular weight excluding hydrogens is 348 g/mol. The molecule has 138 valence electrons. The molecule has 0 aliphatic rings. The van der Waals surface area contributed by atoms with Crippen molar-refractivity contribution in [3.05, 3.63) is 75.8 Å². The maximum absolute atomic E-state index is 12.1. The van der Waals surface area contributed by atoms with Crippen molar-refractivity contribution < 1.29 is 19.4 Å². The highest BCUT2D eigenvalue weighted by molar-refractivity contribution is 5.87. The Balaban J connectivity index is 1.70. The van der Waals surface area contributed by atoms with Crippen LogP contribution in [0.5, 0.6) is 11.5 Å². The van der Waals surface area contributed by atoms with Crippen LogP contribution in [0.2, 0.25) is 0 Å². The Morgan fingerprint density at radius 1 is 1.30 bits per heavy atom. The second kappa shape index (κ2) is 7.74. The van der Waals surface area contributed by atoms with Gasteiger partial charge in [-0.15, -0.1) is 0 Å². The molecule has 0 fully saturated rings. The van der Waals surface area contributed by atoms with Gasteiger partial charge in [-0.1, -0.05) is 12.1 Å². The molecule has 1 N–H and O–H groups in total. The Morgan fingerprint density at radius 3 is 2.89 bits per heavy atom. The first kappa shape index (κ1) is 18.2. The zero-order valence-corrected chi connectivity index (χ0v) is 14.9. The van der Waals surface area contributed by atoms with Crippen LogP contribution in [-0.2, 0) is 16.1 Å². The van der Waals surface area contributed by atoms with Gasteiger partial charge in [-0.05, 0) is 42.3 Å². The third-order valence-electron chi connectivity index (χ3n) is 3.92. The lowest BCUT2D eigenvalue weighted by atomic mass is 10.2. The Bertz CT molecular complexity index is 1090. The number of pyridine rings is 1. The summed E-state index contributed by atoms with van der Waals surface area (Å²) in [5, 5.41) is 9.56. The van der Waals surface area contributed by atoms with Crippen LogP contribution in [0.4, 0.5) is 0 Å². The molecule has 7 heteroatoms. The summed E-state index contributed by atoms with van der Waals surface area (Å²) in [6, 6.07) is 9.66. The summed E-state index contributed by atoms with van der Waals surface area (Å²) in [7, 11) is 1.44. The minimum absolute atomic E-state index is 0.0150. The van der Waals surface area contributed by atoms with Crippen LogP contribution < -0.4 is 10.3 Å². The molecule has 2 aromatic heterocycles. The van der Waals surface area contributed by atoms with Crippen molar-refractivity contribution in [1.29, 1.82) is 0 Å². The van der Waals surface area contributed by atoms with Gasteiger partial charge in [-0.3, -0.25) is 9.20 Å². The first-order chi connectivity index (χ1) is 13.0. The van der Waals surface area contributed by atoms with Crippen molar-refractivity contribution in [2.75, 3.05) is 7.11 Å². The first-order valence-corrected chi connectivity index (χ1v) is 8.17. The van der Waals surface area contributed by atoms with Crippen LogP contribution in [-0.4, -0.2) is 27.6 Å². The van der Waals surface area contributed by atoms with Crippen molar-refractivity contribution >= 4 is 17.7 Å². The standard InChI is InChI=1S/C20H18N2O5/c1-13-4-3-9-22-18(24)11-15(21-20(13)22)12-27-19(25)8-6-14-5-7-16(23)17(10-14)26-2/h3-11,23H,12H2,1-2H3/b8-6+. The molecule has 0 aliphatic carbocycles. The number of hydrogen-bond donors (Lipinski definition) is 1. The van der Waals surface area contributed by atoms with E-state index in [-0.39, 0.29) is 17.9 Å². The minimum Gasteiger partial charge on any atom is -0.504 e. The number of aromatic nitrogens is 2. The number of nitrogens with zero attached hydrogens (tertiary/aromatic N) is 2.